The van der Waals surface area contributed by atoms with Crippen molar-refractivity contribution in [2.75, 3.05) is 39.3 Å². The summed E-state index contributed by atoms with van der Waals surface area (Å²) in [5.74, 6) is -0.000936. The van der Waals surface area contributed by atoms with E-state index in [1.54, 1.807) is 6.26 Å². The quantitative estimate of drug-likeness (QED) is 0.618. The van der Waals surface area contributed by atoms with E-state index in [9.17, 15) is 8.78 Å². The van der Waals surface area contributed by atoms with Crippen LogP contribution in [0.4, 0.5) is 8.78 Å². The largest absolute Gasteiger partial charge is 0.364 e. The minimum Gasteiger partial charge on any atom is -0.364 e. The molecule has 0 bridgehead atoms. The van der Waals surface area contributed by atoms with E-state index in [4.69, 9.17) is 4.52 Å². The molecule has 1 N–H and O–H groups in total. The van der Waals surface area contributed by atoms with Crippen LogP contribution in [0, 0.1) is 11.6 Å². The summed E-state index contributed by atoms with van der Waals surface area (Å²) in [7, 11) is 0. The van der Waals surface area contributed by atoms with Crippen LogP contribution in [0.5, 0.6) is 0 Å². The Labute approximate surface area is 157 Å². The lowest BCUT2D eigenvalue weighted by molar-refractivity contribution is 0.169. The predicted octanol–water partition coefficient (Wildman–Crippen LogP) is 2.28. The third-order valence-corrected chi connectivity index (χ3v) is 4.53. The van der Waals surface area contributed by atoms with Gasteiger partial charge in [-0.25, -0.2) is 8.78 Å². The maximum absolute atomic E-state index is 13.7. The van der Waals surface area contributed by atoms with E-state index in [2.05, 4.69) is 25.3 Å². The van der Waals surface area contributed by atoms with Gasteiger partial charge in [-0.1, -0.05) is 5.16 Å². The van der Waals surface area contributed by atoms with Gasteiger partial charge in [-0.3, -0.25) is 9.89 Å². The third-order valence-electron chi connectivity index (χ3n) is 4.53. The summed E-state index contributed by atoms with van der Waals surface area (Å²) in [6.45, 7) is 7.44. The Hall–Kier alpha value is -2.48. The van der Waals surface area contributed by atoms with Gasteiger partial charge in [-0.05, 0) is 37.1 Å². The summed E-state index contributed by atoms with van der Waals surface area (Å²) in [5, 5.41) is 7.24. The third kappa shape index (κ3) is 5.50. The summed E-state index contributed by atoms with van der Waals surface area (Å²) in [4.78, 5) is 9.12. The second kappa shape index (κ2) is 9.45. The number of rotatable bonds is 6. The maximum Gasteiger partial charge on any atom is 0.194 e. The molecule has 2 heterocycles. The summed E-state index contributed by atoms with van der Waals surface area (Å²) >= 11 is 0. The van der Waals surface area contributed by atoms with Gasteiger partial charge in [0.05, 0.1) is 5.69 Å². The SMILES string of the molecule is CCNC(=NCCc1cc(F)ccc1F)N1CCN(Cc2ccon2)CC1. The Morgan fingerprint density at radius 3 is 2.74 bits per heavy atom. The Balaban J connectivity index is 1.53. The molecule has 0 spiro atoms. The molecule has 3 rings (SSSR count). The minimum atomic E-state index is -0.425. The first-order valence-corrected chi connectivity index (χ1v) is 9.24. The van der Waals surface area contributed by atoms with Crippen LogP contribution >= 0.6 is 0 Å². The Kier molecular flexibility index (Phi) is 6.75. The molecular formula is C19H25F2N5O. The van der Waals surface area contributed by atoms with Crippen molar-refractivity contribution in [1.29, 1.82) is 0 Å². The van der Waals surface area contributed by atoms with Crippen LogP contribution in [0.1, 0.15) is 18.2 Å². The molecule has 0 unspecified atom stereocenters. The number of halogens is 2. The van der Waals surface area contributed by atoms with E-state index in [0.717, 1.165) is 63.1 Å². The van der Waals surface area contributed by atoms with E-state index in [-0.39, 0.29) is 0 Å². The molecule has 6 nitrogen and oxygen atoms in total. The molecule has 1 aliphatic heterocycles. The molecular weight excluding hydrogens is 352 g/mol. The molecule has 1 saturated heterocycles. The van der Waals surface area contributed by atoms with Crippen LogP contribution in [-0.4, -0.2) is 60.2 Å². The fourth-order valence-electron chi connectivity index (χ4n) is 3.11. The molecule has 2 aromatic rings. The van der Waals surface area contributed by atoms with Gasteiger partial charge in [0.1, 0.15) is 17.9 Å². The second-order valence-electron chi connectivity index (χ2n) is 6.48. The molecule has 1 aromatic heterocycles. The van der Waals surface area contributed by atoms with Crippen LogP contribution in [0.15, 0.2) is 40.0 Å². The highest BCUT2D eigenvalue weighted by molar-refractivity contribution is 5.80. The van der Waals surface area contributed by atoms with Gasteiger partial charge in [0.2, 0.25) is 0 Å². The fraction of sp³-hybridized carbons (Fsp3) is 0.474. The summed E-state index contributed by atoms with van der Waals surface area (Å²) < 4.78 is 31.9. The van der Waals surface area contributed by atoms with Gasteiger partial charge in [-0.2, -0.15) is 0 Å². The fourth-order valence-corrected chi connectivity index (χ4v) is 3.11. The number of piperazine rings is 1. The van der Waals surface area contributed by atoms with Crippen molar-refractivity contribution in [2.45, 2.75) is 19.9 Å². The molecule has 8 heteroatoms. The number of hydrogen-bond donors (Lipinski definition) is 1. The first-order valence-electron chi connectivity index (χ1n) is 9.24. The Bertz CT molecular complexity index is 743. The first-order chi connectivity index (χ1) is 13.2. The van der Waals surface area contributed by atoms with Gasteiger partial charge in [0, 0.05) is 51.9 Å². The molecule has 1 aliphatic rings. The topological polar surface area (TPSA) is 56.9 Å². The number of hydrogen-bond acceptors (Lipinski definition) is 4. The molecule has 0 radical (unpaired) electrons. The zero-order valence-electron chi connectivity index (χ0n) is 15.5. The number of nitrogens with one attached hydrogen (secondary N) is 1. The molecule has 0 aliphatic carbocycles. The van der Waals surface area contributed by atoms with E-state index >= 15 is 0 Å². The lowest BCUT2D eigenvalue weighted by Gasteiger charge is -2.36. The number of guanidine groups is 1. The zero-order valence-corrected chi connectivity index (χ0v) is 15.5. The average molecular weight is 377 g/mol. The second-order valence-corrected chi connectivity index (χ2v) is 6.48. The molecule has 27 heavy (non-hydrogen) atoms. The lowest BCUT2D eigenvalue weighted by atomic mass is 10.1. The van der Waals surface area contributed by atoms with Gasteiger partial charge in [0.25, 0.3) is 0 Å². The van der Waals surface area contributed by atoms with Gasteiger partial charge >= 0.3 is 0 Å². The number of aromatic nitrogens is 1. The van der Waals surface area contributed by atoms with Crippen molar-refractivity contribution >= 4 is 5.96 Å². The van der Waals surface area contributed by atoms with E-state index < -0.39 is 11.6 Å². The van der Waals surface area contributed by atoms with Crippen molar-refractivity contribution in [3.8, 4) is 0 Å². The normalized spacial score (nSPS) is 16.0. The standard InChI is InChI=1S/C19H25F2N5O/c1-2-22-19(23-7-5-15-13-16(20)3-4-18(15)21)26-10-8-25(9-11-26)14-17-6-12-27-24-17/h3-4,6,12-13H,2,5,7-11,14H2,1H3,(H,22,23). The van der Waals surface area contributed by atoms with Crippen LogP contribution in [0.3, 0.4) is 0 Å². The monoisotopic (exact) mass is 377 g/mol. The highest BCUT2D eigenvalue weighted by Gasteiger charge is 2.20. The molecule has 0 atom stereocenters. The van der Waals surface area contributed by atoms with Crippen LogP contribution < -0.4 is 5.32 Å². The van der Waals surface area contributed by atoms with Gasteiger partial charge in [0.15, 0.2) is 5.96 Å². The van der Waals surface area contributed by atoms with Gasteiger partial charge in [-0.15, -0.1) is 0 Å². The summed E-state index contributed by atoms with van der Waals surface area (Å²) in [6, 6.07) is 5.41. The summed E-state index contributed by atoms with van der Waals surface area (Å²) in [5.41, 5.74) is 1.29. The average Bonchev–Trinajstić information content (AvgIpc) is 3.17. The van der Waals surface area contributed by atoms with Crippen molar-refractivity contribution in [3.63, 3.8) is 0 Å². The Morgan fingerprint density at radius 2 is 2.04 bits per heavy atom. The van der Waals surface area contributed by atoms with Crippen LogP contribution in [0.25, 0.3) is 0 Å². The van der Waals surface area contributed by atoms with Crippen LogP contribution in [-0.2, 0) is 13.0 Å². The summed E-state index contributed by atoms with van der Waals surface area (Å²) in [6.07, 6.45) is 1.95. The highest BCUT2D eigenvalue weighted by Crippen LogP contribution is 2.11. The van der Waals surface area contributed by atoms with E-state index in [0.29, 0.717) is 18.5 Å². The van der Waals surface area contributed by atoms with E-state index in [1.165, 1.54) is 6.07 Å². The number of nitrogens with zero attached hydrogens (tertiary/aromatic N) is 4. The van der Waals surface area contributed by atoms with Crippen molar-refractivity contribution in [1.82, 2.24) is 20.3 Å². The van der Waals surface area contributed by atoms with Crippen molar-refractivity contribution in [2.24, 2.45) is 4.99 Å². The first kappa shape index (κ1) is 19.3. The molecule has 0 amide bonds. The minimum absolute atomic E-state index is 0.354. The smallest absolute Gasteiger partial charge is 0.194 e. The maximum atomic E-state index is 13.7. The predicted molar refractivity (Wildman–Crippen MR) is 99.4 cm³/mol. The van der Waals surface area contributed by atoms with Crippen molar-refractivity contribution in [3.05, 3.63) is 53.4 Å². The molecule has 1 fully saturated rings. The lowest BCUT2D eigenvalue weighted by Crippen LogP contribution is -2.52. The highest BCUT2D eigenvalue weighted by atomic mass is 19.1. The molecule has 0 saturated carbocycles. The molecule has 146 valence electrons. The number of aliphatic imine (C=N–C) groups is 1. The van der Waals surface area contributed by atoms with E-state index in [1.807, 2.05) is 13.0 Å². The zero-order chi connectivity index (χ0) is 19.1. The van der Waals surface area contributed by atoms with Gasteiger partial charge < -0.3 is 14.7 Å². The number of benzene rings is 1. The Morgan fingerprint density at radius 1 is 1.22 bits per heavy atom. The molecule has 1 aromatic carbocycles. The van der Waals surface area contributed by atoms with Crippen molar-refractivity contribution < 1.29 is 13.3 Å². The van der Waals surface area contributed by atoms with Crippen LogP contribution in [0.2, 0.25) is 0 Å².